The largest absolute Gasteiger partial charge is 0.265 e. The molecule has 0 bridgehead atoms. The summed E-state index contributed by atoms with van der Waals surface area (Å²) >= 11 is 0. The molecule has 0 heterocycles. The fourth-order valence-electron chi connectivity index (χ4n) is 2.01. The molecule has 0 saturated heterocycles. The first-order valence-corrected chi connectivity index (χ1v) is 4.82. The first-order chi connectivity index (χ1) is 6.61. The van der Waals surface area contributed by atoms with Crippen LogP contribution >= 0.6 is 0 Å². The zero-order chi connectivity index (χ0) is 10.7. The van der Waals surface area contributed by atoms with Crippen LogP contribution in [-0.2, 0) is 0 Å². The molecule has 0 aliphatic heterocycles. The van der Waals surface area contributed by atoms with Gasteiger partial charge in [0, 0.05) is 0 Å². The van der Waals surface area contributed by atoms with Gasteiger partial charge in [0.2, 0.25) is 0 Å². The molecular formula is C12H14N2. The van der Waals surface area contributed by atoms with Gasteiger partial charge in [-0.1, -0.05) is 25.0 Å². The molecule has 14 heavy (non-hydrogen) atoms. The predicted molar refractivity (Wildman–Crippen MR) is 56.0 cm³/mol. The van der Waals surface area contributed by atoms with Gasteiger partial charge in [0.15, 0.2) is 0 Å². The summed E-state index contributed by atoms with van der Waals surface area (Å²) in [5.41, 5.74) is 3.81. The first kappa shape index (κ1) is 10.5. The topological polar surface area (TPSA) is 28.1 Å². The molecule has 0 radical (unpaired) electrons. The number of nitriles is 1. The quantitative estimate of drug-likeness (QED) is 0.455. The van der Waals surface area contributed by atoms with Gasteiger partial charge < -0.3 is 0 Å². The Morgan fingerprint density at radius 1 is 1.50 bits per heavy atom. The molecule has 72 valence electrons. The van der Waals surface area contributed by atoms with E-state index in [0.29, 0.717) is 5.92 Å². The maximum Gasteiger partial charge on any atom is 0.265 e. The molecule has 1 rings (SSSR count). The molecule has 0 spiro atoms. The van der Waals surface area contributed by atoms with Crippen LogP contribution in [0.3, 0.4) is 0 Å². The molecule has 0 aromatic carbocycles. The highest BCUT2D eigenvalue weighted by atomic mass is 14.7. The number of nitrogens with zero attached hydrogens (tertiary/aromatic N) is 2. The molecular weight excluding hydrogens is 172 g/mol. The van der Waals surface area contributed by atoms with E-state index in [4.69, 9.17) is 11.8 Å². The molecule has 1 aliphatic rings. The van der Waals surface area contributed by atoms with Crippen LogP contribution in [0.15, 0.2) is 22.4 Å². The summed E-state index contributed by atoms with van der Waals surface area (Å²) in [5.74, 6) is 0.526. The molecule has 0 fully saturated rings. The highest BCUT2D eigenvalue weighted by Crippen LogP contribution is 2.36. The van der Waals surface area contributed by atoms with Crippen molar-refractivity contribution in [3.05, 3.63) is 33.8 Å². The lowest BCUT2D eigenvalue weighted by molar-refractivity contribution is 0.727. The van der Waals surface area contributed by atoms with Crippen molar-refractivity contribution >= 4 is 0 Å². The van der Waals surface area contributed by atoms with Crippen molar-refractivity contribution in [2.45, 2.75) is 33.6 Å². The Morgan fingerprint density at radius 3 is 2.50 bits per heavy atom. The lowest BCUT2D eigenvalue weighted by Crippen LogP contribution is -1.91. The van der Waals surface area contributed by atoms with Crippen LogP contribution in [0.5, 0.6) is 0 Å². The molecule has 0 amide bonds. The van der Waals surface area contributed by atoms with E-state index in [9.17, 15) is 0 Å². The second kappa shape index (κ2) is 4.11. The van der Waals surface area contributed by atoms with Crippen LogP contribution < -0.4 is 0 Å². The minimum absolute atomic E-state index is 0.276. The number of allylic oxidation sites excluding steroid dienone is 4. The van der Waals surface area contributed by atoms with Crippen LogP contribution in [-0.4, -0.2) is 0 Å². The summed E-state index contributed by atoms with van der Waals surface area (Å²) in [5, 5.41) is 8.78. The smallest absolute Gasteiger partial charge is 0.226 e. The van der Waals surface area contributed by atoms with E-state index in [0.717, 1.165) is 18.4 Å². The minimum atomic E-state index is 0.276. The lowest BCUT2D eigenvalue weighted by atomic mass is 9.99. The molecule has 0 atom stereocenters. The Labute approximate surface area is 85.4 Å². The SMILES string of the molecule is [C-]#[N+]/C(C#N)=C1/CCC(C(C)C)=C1C. The average Bonchev–Trinajstić information content (AvgIpc) is 2.51. The Hall–Kier alpha value is -1.54. The molecule has 0 unspecified atom stereocenters. The van der Waals surface area contributed by atoms with Crippen molar-refractivity contribution in [3.63, 3.8) is 0 Å². The van der Waals surface area contributed by atoms with Gasteiger partial charge in [-0.05, 0) is 31.3 Å². The highest BCUT2D eigenvalue weighted by molar-refractivity contribution is 5.49. The summed E-state index contributed by atoms with van der Waals surface area (Å²) in [6, 6.07) is 1.97. The maximum atomic E-state index is 8.78. The third kappa shape index (κ3) is 1.70. The molecule has 2 nitrogen and oxygen atoms in total. The average molecular weight is 186 g/mol. The second-order valence-corrected chi connectivity index (χ2v) is 3.86. The van der Waals surface area contributed by atoms with E-state index in [2.05, 4.69) is 18.7 Å². The van der Waals surface area contributed by atoms with E-state index in [1.807, 2.05) is 13.0 Å². The van der Waals surface area contributed by atoms with Crippen LogP contribution in [0.1, 0.15) is 33.6 Å². The molecule has 0 N–H and O–H groups in total. The fraction of sp³-hybridized carbons (Fsp3) is 0.500. The monoisotopic (exact) mass is 186 g/mol. The summed E-state index contributed by atoms with van der Waals surface area (Å²) in [6.07, 6.45) is 1.88. The number of hydrogen-bond acceptors (Lipinski definition) is 1. The summed E-state index contributed by atoms with van der Waals surface area (Å²) in [4.78, 5) is 3.27. The fourth-order valence-corrected chi connectivity index (χ4v) is 2.01. The minimum Gasteiger partial charge on any atom is -0.226 e. The van der Waals surface area contributed by atoms with Crippen molar-refractivity contribution in [1.82, 2.24) is 0 Å². The van der Waals surface area contributed by atoms with Gasteiger partial charge in [-0.25, -0.2) is 10.1 Å². The summed E-state index contributed by atoms with van der Waals surface area (Å²) in [6.45, 7) is 13.3. The Bertz CT molecular complexity index is 368. The van der Waals surface area contributed by atoms with Crippen LogP contribution in [0.25, 0.3) is 4.85 Å². The normalized spacial score (nSPS) is 19.6. The lowest BCUT2D eigenvalue weighted by Gasteiger charge is -2.07. The molecule has 0 aromatic heterocycles. The van der Waals surface area contributed by atoms with Gasteiger partial charge in [0.25, 0.3) is 5.70 Å². The van der Waals surface area contributed by atoms with Gasteiger partial charge in [-0.2, -0.15) is 0 Å². The zero-order valence-corrected chi connectivity index (χ0v) is 8.89. The van der Waals surface area contributed by atoms with Crippen LogP contribution in [0.2, 0.25) is 0 Å². The van der Waals surface area contributed by atoms with Crippen molar-refractivity contribution in [3.8, 4) is 6.07 Å². The predicted octanol–water partition coefficient (Wildman–Crippen LogP) is 3.45. The van der Waals surface area contributed by atoms with Gasteiger partial charge >= 0.3 is 0 Å². The first-order valence-electron chi connectivity index (χ1n) is 4.82. The Balaban J connectivity index is 3.19. The van der Waals surface area contributed by atoms with Gasteiger partial charge in [0.1, 0.15) is 0 Å². The Kier molecular flexibility index (Phi) is 3.10. The van der Waals surface area contributed by atoms with Crippen molar-refractivity contribution in [1.29, 1.82) is 5.26 Å². The van der Waals surface area contributed by atoms with E-state index in [1.165, 1.54) is 11.1 Å². The van der Waals surface area contributed by atoms with Gasteiger partial charge in [-0.15, -0.1) is 0 Å². The molecule has 2 heteroatoms. The number of rotatable bonds is 1. The van der Waals surface area contributed by atoms with E-state index < -0.39 is 0 Å². The second-order valence-electron chi connectivity index (χ2n) is 3.86. The maximum absolute atomic E-state index is 8.78. The van der Waals surface area contributed by atoms with E-state index >= 15 is 0 Å². The van der Waals surface area contributed by atoms with Crippen molar-refractivity contribution in [2.75, 3.05) is 0 Å². The molecule has 1 aliphatic carbocycles. The van der Waals surface area contributed by atoms with E-state index in [1.54, 1.807) is 0 Å². The van der Waals surface area contributed by atoms with Crippen LogP contribution in [0, 0.1) is 23.8 Å². The summed E-state index contributed by atoms with van der Waals surface area (Å²) in [7, 11) is 0. The molecule has 0 aromatic rings. The molecule has 0 saturated carbocycles. The highest BCUT2D eigenvalue weighted by Gasteiger charge is 2.21. The Morgan fingerprint density at radius 2 is 2.14 bits per heavy atom. The standard InChI is InChI=1S/C12H14N2/c1-8(2)10-5-6-11(9(10)3)12(7-13)14-4/h8H,5-6H2,1-3H3/b12-11-. The third-order valence-electron chi connectivity index (χ3n) is 2.78. The van der Waals surface area contributed by atoms with Crippen LogP contribution in [0.4, 0.5) is 0 Å². The third-order valence-corrected chi connectivity index (χ3v) is 2.78. The van der Waals surface area contributed by atoms with Crippen molar-refractivity contribution in [2.24, 2.45) is 5.92 Å². The number of hydrogen-bond donors (Lipinski definition) is 0. The summed E-state index contributed by atoms with van der Waals surface area (Å²) < 4.78 is 0. The van der Waals surface area contributed by atoms with Crippen molar-refractivity contribution < 1.29 is 0 Å². The zero-order valence-electron chi connectivity index (χ0n) is 8.89. The van der Waals surface area contributed by atoms with Gasteiger partial charge in [0.05, 0.1) is 12.6 Å². The van der Waals surface area contributed by atoms with Gasteiger partial charge in [-0.3, -0.25) is 0 Å². The van der Waals surface area contributed by atoms with E-state index in [-0.39, 0.29) is 5.70 Å².